The predicted octanol–water partition coefficient (Wildman–Crippen LogP) is 6.85. The fourth-order valence-corrected chi connectivity index (χ4v) is 10.4. The molecule has 134 valence electrons. The summed E-state index contributed by atoms with van der Waals surface area (Å²) < 4.78 is 0. The van der Waals surface area contributed by atoms with Gasteiger partial charge in [-0.25, -0.2) is 0 Å². The Bertz CT molecular complexity index is 222. The second-order valence-corrected chi connectivity index (χ2v) is 12.9. The molecular formula is C20H45NSi. The first kappa shape index (κ1) is 22.2. The average Bonchev–Trinajstić information content (AvgIpc) is 2.35. The van der Waals surface area contributed by atoms with Gasteiger partial charge in [-0.3, -0.25) is 0 Å². The van der Waals surface area contributed by atoms with Gasteiger partial charge in [0.05, 0.1) is 0 Å². The Labute approximate surface area is 143 Å². The second kappa shape index (κ2) is 12.6. The third-order valence-corrected chi connectivity index (χ3v) is 10.2. The van der Waals surface area contributed by atoms with Crippen LogP contribution in [-0.2, 0) is 0 Å². The van der Waals surface area contributed by atoms with Crippen LogP contribution in [-0.4, -0.2) is 14.8 Å². The quantitative estimate of drug-likeness (QED) is 0.272. The van der Waals surface area contributed by atoms with Gasteiger partial charge in [-0.05, 0) is 48.9 Å². The molecule has 0 amide bonds. The second-order valence-electron chi connectivity index (χ2n) is 8.77. The molecule has 0 unspecified atom stereocenters. The third-order valence-electron chi connectivity index (χ3n) is 4.43. The van der Waals surface area contributed by atoms with Crippen LogP contribution in [0, 0.1) is 17.8 Å². The molecule has 0 aliphatic rings. The van der Waals surface area contributed by atoms with Crippen molar-refractivity contribution in [2.45, 2.75) is 105 Å². The van der Waals surface area contributed by atoms with Gasteiger partial charge in [-0.1, -0.05) is 80.6 Å². The lowest BCUT2D eigenvalue weighted by Gasteiger charge is -2.37. The Hall–Kier alpha value is 0.177. The zero-order chi connectivity index (χ0) is 17.0. The molecule has 0 spiro atoms. The van der Waals surface area contributed by atoms with Crippen LogP contribution in [0.25, 0.3) is 0 Å². The van der Waals surface area contributed by atoms with Crippen molar-refractivity contribution in [3.8, 4) is 0 Å². The fraction of sp³-hybridized carbons (Fsp3) is 1.00. The van der Waals surface area contributed by atoms with Crippen LogP contribution in [0.3, 0.4) is 0 Å². The smallest absolute Gasteiger partial charge is 0.126 e. The largest absolute Gasteiger partial charge is 0.337 e. The highest BCUT2D eigenvalue weighted by Gasteiger charge is 2.34. The molecule has 0 radical (unpaired) electrons. The average molecular weight is 328 g/mol. The molecule has 0 aromatic carbocycles. The van der Waals surface area contributed by atoms with Gasteiger partial charge in [0.1, 0.15) is 8.24 Å². The first-order valence-corrected chi connectivity index (χ1v) is 12.7. The Morgan fingerprint density at radius 2 is 1.05 bits per heavy atom. The molecule has 0 saturated heterocycles. The maximum Gasteiger partial charge on any atom is 0.126 e. The van der Waals surface area contributed by atoms with E-state index in [2.05, 4.69) is 53.4 Å². The summed E-state index contributed by atoms with van der Waals surface area (Å²) in [6.07, 6.45) is 8.44. The fourth-order valence-electron chi connectivity index (χ4n) is 4.07. The molecule has 0 heterocycles. The standard InChI is InChI=1S/C20H45NSi/c1-8-9-10-11-12-13-14-21-22(15-18(2)3,16-19(4)5)17-20(6)7/h18-21H,8-17H2,1-7H3. The zero-order valence-electron chi connectivity index (χ0n) is 16.8. The van der Waals surface area contributed by atoms with Gasteiger partial charge in [0.15, 0.2) is 0 Å². The van der Waals surface area contributed by atoms with Gasteiger partial charge in [-0.15, -0.1) is 0 Å². The van der Waals surface area contributed by atoms with Gasteiger partial charge in [0, 0.05) is 0 Å². The van der Waals surface area contributed by atoms with Gasteiger partial charge < -0.3 is 4.98 Å². The van der Waals surface area contributed by atoms with E-state index >= 15 is 0 Å². The highest BCUT2D eigenvalue weighted by atomic mass is 28.3. The number of hydrogen-bond acceptors (Lipinski definition) is 1. The van der Waals surface area contributed by atoms with E-state index < -0.39 is 8.24 Å². The highest BCUT2D eigenvalue weighted by molar-refractivity contribution is 6.77. The number of rotatable bonds is 14. The van der Waals surface area contributed by atoms with Gasteiger partial charge in [0.25, 0.3) is 0 Å². The molecule has 0 saturated carbocycles. The van der Waals surface area contributed by atoms with Crippen LogP contribution in [0.4, 0.5) is 0 Å². The molecule has 0 aliphatic heterocycles. The van der Waals surface area contributed by atoms with Crippen molar-refractivity contribution in [1.82, 2.24) is 4.98 Å². The van der Waals surface area contributed by atoms with Gasteiger partial charge in [-0.2, -0.15) is 0 Å². The molecule has 22 heavy (non-hydrogen) atoms. The summed E-state index contributed by atoms with van der Waals surface area (Å²) in [5, 5.41) is 0. The number of nitrogens with one attached hydrogen (secondary N) is 1. The first-order chi connectivity index (χ1) is 10.3. The molecule has 0 aromatic heterocycles. The summed E-state index contributed by atoms with van der Waals surface area (Å²) in [7, 11) is -1.31. The van der Waals surface area contributed by atoms with Crippen molar-refractivity contribution in [3.05, 3.63) is 0 Å². The summed E-state index contributed by atoms with van der Waals surface area (Å²) >= 11 is 0. The molecule has 0 aromatic rings. The van der Waals surface area contributed by atoms with E-state index in [1.54, 1.807) is 0 Å². The van der Waals surface area contributed by atoms with Crippen LogP contribution >= 0.6 is 0 Å². The molecule has 1 nitrogen and oxygen atoms in total. The molecular weight excluding hydrogens is 282 g/mol. The predicted molar refractivity (Wildman–Crippen MR) is 106 cm³/mol. The van der Waals surface area contributed by atoms with E-state index in [1.807, 2.05) is 0 Å². The maximum atomic E-state index is 4.16. The summed E-state index contributed by atoms with van der Waals surface area (Å²) in [5.74, 6) is 2.50. The van der Waals surface area contributed by atoms with Crippen molar-refractivity contribution < 1.29 is 0 Å². The minimum absolute atomic E-state index is 0.834. The minimum atomic E-state index is -1.31. The third kappa shape index (κ3) is 11.7. The Morgan fingerprint density at radius 1 is 0.636 bits per heavy atom. The monoisotopic (exact) mass is 327 g/mol. The lowest BCUT2D eigenvalue weighted by Crippen LogP contribution is -2.53. The topological polar surface area (TPSA) is 12.0 Å². The van der Waals surface area contributed by atoms with Crippen LogP contribution in [0.15, 0.2) is 0 Å². The van der Waals surface area contributed by atoms with E-state index in [0.717, 1.165) is 17.8 Å². The molecule has 1 N–H and O–H groups in total. The number of unbranched alkanes of at least 4 members (excludes halogenated alkanes) is 5. The normalized spacial score (nSPS) is 12.8. The van der Waals surface area contributed by atoms with Crippen molar-refractivity contribution >= 4 is 8.24 Å². The Morgan fingerprint density at radius 3 is 1.45 bits per heavy atom. The van der Waals surface area contributed by atoms with Gasteiger partial charge >= 0.3 is 0 Å². The number of hydrogen-bond donors (Lipinski definition) is 1. The Kier molecular flexibility index (Phi) is 12.7. The van der Waals surface area contributed by atoms with Crippen molar-refractivity contribution in [2.24, 2.45) is 17.8 Å². The lowest BCUT2D eigenvalue weighted by atomic mass is 10.1. The van der Waals surface area contributed by atoms with E-state index in [-0.39, 0.29) is 0 Å². The van der Waals surface area contributed by atoms with Crippen LogP contribution in [0.1, 0.15) is 87.0 Å². The zero-order valence-corrected chi connectivity index (χ0v) is 17.8. The maximum absolute atomic E-state index is 4.16. The SMILES string of the molecule is CCCCCCCCN[Si](CC(C)C)(CC(C)C)CC(C)C. The van der Waals surface area contributed by atoms with Crippen LogP contribution in [0.2, 0.25) is 18.1 Å². The van der Waals surface area contributed by atoms with E-state index in [9.17, 15) is 0 Å². The molecule has 2 heteroatoms. The summed E-state index contributed by atoms with van der Waals surface area (Å²) in [5.41, 5.74) is 0. The highest BCUT2D eigenvalue weighted by Crippen LogP contribution is 2.30. The van der Waals surface area contributed by atoms with Crippen molar-refractivity contribution in [2.75, 3.05) is 6.54 Å². The molecule has 0 fully saturated rings. The van der Waals surface area contributed by atoms with Crippen LogP contribution < -0.4 is 4.98 Å². The summed E-state index contributed by atoms with van der Waals surface area (Å²) in [6, 6.07) is 4.37. The minimum Gasteiger partial charge on any atom is -0.337 e. The first-order valence-electron chi connectivity index (χ1n) is 10.1. The van der Waals surface area contributed by atoms with E-state index in [1.165, 1.54) is 63.2 Å². The molecule has 0 bridgehead atoms. The van der Waals surface area contributed by atoms with Crippen molar-refractivity contribution in [1.29, 1.82) is 0 Å². The van der Waals surface area contributed by atoms with E-state index in [0.29, 0.717) is 0 Å². The van der Waals surface area contributed by atoms with Crippen LogP contribution in [0.5, 0.6) is 0 Å². The van der Waals surface area contributed by atoms with Crippen molar-refractivity contribution in [3.63, 3.8) is 0 Å². The summed E-state index contributed by atoms with van der Waals surface area (Å²) in [4.78, 5) is 4.16. The Balaban J connectivity index is 4.41. The van der Waals surface area contributed by atoms with Gasteiger partial charge in [0.2, 0.25) is 0 Å². The molecule has 0 atom stereocenters. The van der Waals surface area contributed by atoms with E-state index in [4.69, 9.17) is 0 Å². The summed E-state index contributed by atoms with van der Waals surface area (Å²) in [6.45, 7) is 18.0. The molecule has 0 rings (SSSR count). The lowest BCUT2D eigenvalue weighted by molar-refractivity contribution is 0.583. The molecule has 0 aliphatic carbocycles.